The minimum atomic E-state index is -0.0375. The molecular formula is C20H20ClN3O2S2. The molecule has 0 fully saturated rings. The van der Waals surface area contributed by atoms with Gasteiger partial charge in [-0.15, -0.1) is 11.3 Å². The fourth-order valence-corrected chi connectivity index (χ4v) is 5.74. The van der Waals surface area contributed by atoms with E-state index in [1.54, 1.807) is 29.2 Å². The number of hydrogen-bond acceptors (Lipinski definition) is 5. The van der Waals surface area contributed by atoms with E-state index in [9.17, 15) is 9.59 Å². The summed E-state index contributed by atoms with van der Waals surface area (Å²) in [6.07, 6.45) is 3.57. The molecule has 0 radical (unpaired) electrons. The van der Waals surface area contributed by atoms with E-state index in [0.717, 1.165) is 40.7 Å². The van der Waals surface area contributed by atoms with Gasteiger partial charge in [0.25, 0.3) is 5.56 Å². The molecule has 0 spiro atoms. The number of aryl methyl sites for hydroxylation is 3. The van der Waals surface area contributed by atoms with Crippen molar-refractivity contribution in [3.63, 3.8) is 0 Å². The van der Waals surface area contributed by atoms with Crippen molar-refractivity contribution in [2.75, 3.05) is 11.1 Å². The largest absolute Gasteiger partial charge is 0.326 e. The zero-order chi connectivity index (χ0) is 19.7. The second kappa shape index (κ2) is 8.27. The third-order valence-corrected chi connectivity index (χ3v) is 7.19. The fourth-order valence-electron chi connectivity index (χ4n) is 3.43. The van der Waals surface area contributed by atoms with E-state index in [1.165, 1.54) is 10.4 Å². The van der Waals surface area contributed by atoms with Crippen LogP contribution >= 0.6 is 34.7 Å². The molecule has 3 aromatic rings. The van der Waals surface area contributed by atoms with E-state index in [-0.39, 0.29) is 11.5 Å². The van der Waals surface area contributed by atoms with Crippen molar-refractivity contribution in [2.24, 2.45) is 0 Å². The Morgan fingerprint density at radius 3 is 3.07 bits per heavy atom. The zero-order valence-electron chi connectivity index (χ0n) is 15.4. The smallest absolute Gasteiger partial charge is 0.259 e. The Bertz CT molecular complexity index is 1110. The van der Waals surface area contributed by atoms with Crippen LogP contribution in [0.1, 0.15) is 34.7 Å². The van der Waals surface area contributed by atoms with Gasteiger partial charge in [-0.1, -0.05) is 11.6 Å². The number of halogens is 1. The van der Waals surface area contributed by atoms with Crippen molar-refractivity contribution in [2.45, 2.75) is 38.4 Å². The predicted molar refractivity (Wildman–Crippen MR) is 118 cm³/mol. The molecule has 0 atom stereocenters. The van der Waals surface area contributed by atoms with Crippen LogP contribution in [0.3, 0.4) is 0 Å². The number of fused-ring (bicyclic) bond motifs is 3. The van der Waals surface area contributed by atoms with E-state index in [4.69, 9.17) is 11.6 Å². The van der Waals surface area contributed by atoms with Crippen molar-refractivity contribution in [3.05, 3.63) is 55.4 Å². The van der Waals surface area contributed by atoms with Crippen LogP contribution in [0.25, 0.3) is 10.2 Å². The molecule has 5 nitrogen and oxygen atoms in total. The van der Waals surface area contributed by atoms with Crippen LogP contribution in [0.15, 0.2) is 23.0 Å². The van der Waals surface area contributed by atoms with Gasteiger partial charge in [-0.2, -0.15) is 11.8 Å². The molecule has 4 rings (SSSR count). The number of hydrogen-bond donors (Lipinski definition) is 2. The number of nitrogens with one attached hydrogen (secondary N) is 2. The molecule has 1 aliphatic carbocycles. The van der Waals surface area contributed by atoms with Gasteiger partial charge in [0.15, 0.2) is 0 Å². The molecule has 0 unspecified atom stereocenters. The van der Waals surface area contributed by atoms with Crippen LogP contribution in [0.5, 0.6) is 0 Å². The average Bonchev–Trinajstić information content (AvgIpc) is 3.22. The molecule has 0 saturated heterocycles. The number of thiophene rings is 1. The molecule has 28 heavy (non-hydrogen) atoms. The van der Waals surface area contributed by atoms with E-state index >= 15 is 0 Å². The molecule has 2 N–H and O–H groups in total. The number of amides is 1. The number of thioether (sulfide) groups is 1. The van der Waals surface area contributed by atoms with Crippen molar-refractivity contribution >= 4 is 56.5 Å². The van der Waals surface area contributed by atoms with Gasteiger partial charge in [-0.3, -0.25) is 9.59 Å². The average molecular weight is 434 g/mol. The van der Waals surface area contributed by atoms with Gasteiger partial charge in [0, 0.05) is 27.8 Å². The highest BCUT2D eigenvalue weighted by molar-refractivity contribution is 7.98. The number of benzene rings is 1. The Balaban J connectivity index is 1.31. The number of nitrogens with zero attached hydrogens (tertiary/aromatic N) is 1. The monoisotopic (exact) mass is 433 g/mol. The summed E-state index contributed by atoms with van der Waals surface area (Å²) in [6.45, 7) is 1.91. The van der Waals surface area contributed by atoms with E-state index < -0.39 is 0 Å². The van der Waals surface area contributed by atoms with Gasteiger partial charge in [0.2, 0.25) is 5.91 Å². The molecular weight excluding hydrogens is 414 g/mol. The van der Waals surface area contributed by atoms with Crippen molar-refractivity contribution < 1.29 is 4.79 Å². The zero-order valence-corrected chi connectivity index (χ0v) is 17.8. The third kappa shape index (κ3) is 4.11. The van der Waals surface area contributed by atoms with Crippen LogP contribution < -0.4 is 10.9 Å². The van der Waals surface area contributed by atoms with Gasteiger partial charge >= 0.3 is 0 Å². The topological polar surface area (TPSA) is 74.8 Å². The Morgan fingerprint density at radius 2 is 2.25 bits per heavy atom. The van der Waals surface area contributed by atoms with Gasteiger partial charge in [0.1, 0.15) is 10.7 Å². The summed E-state index contributed by atoms with van der Waals surface area (Å²) < 4.78 is 0. The van der Waals surface area contributed by atoms with Gasteiger partial charge in [-0.05, 0) is 55.5 Å². The van der Waals surface area contributed by atoms with E-state index in [2.05, 4.69) is 15.3 Å². The maximum atomic E-state index is 12.4. The lowest BCUT2D eigenvalue weighted by Gasteiger charge is -2.08. The van der Waals surface area contributed by atoms with Crippen molar-refractivity contribution in [1.29, 1.82) is 0 Å². The molecule has 0 saturated carbocycles. The van der Waals surface area contributed by atoms with Gasteiger partial charge in [-0.25, -0.2) is 4.98 Å². The number of rotatable bonds is 6. The number of anilines is 1. The summed E-state index contributed by atoms with van der Waals surface area (Å²) in [4.78, 5) is 34.3. The predicted octanol–water partition coefficient (Wildman–Crippen LogP) is 4.70. The third-order valence-electron chi connectivity index (χ3n) is 4.80. The highest BCUT2D eigenvalue weighted by atomic mass is 35.5. The summed E-state index contributed by atoms with van der Waals surface area (Å²) >= 11 is 9.18. The number of aromatic amines is 1. The molecule has 8 heteroatoms. The second-order valence-electron chi connectivity index (χ2n) is 6.86. The maximum Gasteiger partial charge on any atom is 0.259 e. The van der Waals surface area contributed by atoms with E-state index in [1.807, 2.05) is 19.1 Å². The number of aromatic nitrogens is 2. The minimum Gasteiger partial charge on any atom is -0.326 e. The van der Waals surface area contributed by atoms with Crippen LogP contribution in [0, 0.1) is 6.92 Å². The first-order valence-corrected chi connectivity index (χ1v) is 11.5. The Labute approximate surface area is 175 Å². The first kappa shape index (κ1) is 19.5. The summed E-state index contributed by atoms with van der Waals surface area (Å²) in [6, 6.07) is 5.40. The highest BCUT2D eigenvalue weighted by Gasteiger charge is 2.21. The molecule has 1 aliphatic rings. The standard InChI is InChI=1S/C20H20ClN3O2S2/c1-11-9-12(21)5-6-14(11)22-17(25)7-8-27-10-16-23-19(26)18-13-3-2-4-15(13)28-20(18)24-16/h5-6,9H,2-4,7-8,10H2,1H3,(H,22,25)(H,23,24,26). The summed E-state index contributed by atoms with van der Waals surface area (Å²) in [5.74, 6) is 1.88. The molecule has 2 heterocycles. The summed E-state index contributed by atoms with van der Waals surface area (Å²) in [5.41, 5.74) is 2.88. The van der Waals surface area contributed by atoms with Crippen molar-refractivity contribution in [1.82, 2.24) is 9.97 Å². The fraction of sp³-hybridized carbons (Fsp3) is 0.350. The molecule has 1 aromatic carbocycles. The molecule has 2 aromatic heterocycles. The second-order valence-corrected chi connectivity index (χ2v) is 9.49. The SMILES string of the molecule is Cc1cc(Cl)ccc1NC(=O)CCSCc1nc2sc3c(c2c(=O)[nH]1)CCC3. The first-order chi connectivity index (χ1) is 13.5. The lowest BCUT2D eigenvalue weighted by molar-refractivity contribution is -0.115. The Hall–Kier alpha value is -1.83. The summed E-state index contributed by atoms with van der Waals surface area (Å²) in [7, 11) is 0. The van der Waals surface area contributed by atoms with Crippen molar-refractivity contribution in [3.8, 4) is 0 Å². The molecule has 0 aliphatic heterocycles. The number of H-pyrrole nitrogens is 1. The van der Waals surface area contributed by atoms with Gasteiger partial charge < -0.3 is 10.3 Å². The molecule has 1 amide bonds. The van der Waals surface area contributed by atoms with E-state index in [0.29, 0.717) is 28.8 Å². The minimum absolute atomic E-state index is 0.0315. The van der Waals surface area contributed by atoms with Gasteiger partial charge in [0.05, 0.1) is 11.1 Å². The van der Waals surface area contributed by atoms with Crippen LogP contribution in [0.2, 0.25) is 5.02 Å². The number of carbonyl (C=O) groups is 1. The maximum absolute atomic E-state index is 12.4. The first-order valence-electron chi connectivity index (χ1n) is 9.18. The Morgan fingerprint density at radius 1 is 1.39 bits per heavy atom. The highest BCUT2D eigenvalue weighted by Crippen LogP contribution is 2.34. The molecule has 146 valence electrons. The van der Waals surface area contributed by atoms with Crippen LogP contribution in [0.4, 0.5) is 5.69 Å². The number of carbonyl (C=O) groups excluding carboxylic acids is 1. The normalized spacial score (nSPS) is 13.1. The Kier molecular flexibility index (Phi) is 5.75. The quantitative estimate of drug-likeness (QED) is 0.552. The summed E-state index contributed by atoms with van der Waals surface area (Å²) in [5, 5.41) is 4.34. The van der Waals surface area contributed by atoms with Crippen LogP contribution in [-0.4, -0.2) is 21.6 Å². The lowest BCUT2D eigenvalue weighted by Crippen LogP contribution is -2.14. The molecule has 0 bridgehead atoms. The van der Waals surface area contributed by atoms with Crippen LogP contribution in [-0.2, 0) is 23.4 Å². The lowest BCUT2D eigenvalue weighted by atomic mass is 10.2.